The first-order valence-electron chi connectivity index (χ1n) is 7.32. The van der Waals surface area contributed by atoms with Gasteiger partial charge in [-0.05, 0) is 16.8 Å². The van der Waals surface area contributed by atoms with Gasteiger partial charge in [0.2, 0.25) is 0 Å². The van der Waals surface area contributed by atoms with Gasteiger partial charge in [0.15, 0.2) is 6.10 Å². The number of carbonyl (C=O) groups excluding carboxylic acids is 1. The molecule has 0 bridgehead atoms. The molecule has 2 aliphatic rings. The van der Waals surface area contributed by atoms with Gasteiger partial charge in [0, 0.05) is 12.6 Å². The second-order valence-electron chi connectivity index (χ2n) is 5.71. The second-order valence-corrected chi connectivity index (χ2v) is 5.71. The molecule has 5 nitrogen and oxygen atoms in total. The van der Waals surface area contributed by atoms with Crippen molar-refractivity contribution in [3.8, 4) is 5.75 Å². The fourth-order valence-electron chi connectivity index (χ4n) is 3.56. The summed E-state index contributed by atoms with van der Waals surface area (Å²) in [7, 11) is 3.24. The van der Waals surface area contributed by atoms with Crippen LogP contribution in [0.5, 0.6) is 5.75 Å². The molecule has 2 heterocycles. The van der Waals surface area contributed by atoms with Crippen LogP contribution in [0.4, 0.5) is 0 Å². The molecule has 0 N–H and O–H groups in total. The number of ether oxygens (including phenoxy) is 2. The van der Waals surface area contributed by atoms with Crippen LogP contribution in [0.1, 0.15) is 11.6 Å². The van der Waals surface area contributed by atoms with Crippen molar-refractivity contribution in [3.63, 3.8) is 0 Å². The molecule has 1 fully saturated rings. The summed E-state index contributed by atoms with van der Waals surface area (Å²) in [6.07, 6.45) is -0.618. The van der Waals surface area contributed by atoms with E-state index in [-0.39, 0.29) is 17.9 Å². The molecule has 2 aromatic carbocycles. The van der Waals surface area contributed by atoms with Gasteiger partial charge < -0.3 is 9.47 Å². The van der Waals surface area contributed by atoms with Gasteiger partial charge in [-0.2, -0.15) is 5.06 Å². The zero-order valence-electron chi connectivity index (χ0n) is 12.5. The molecule has 1 saturated heterocycles. The van der Waals surface area contributed by atoms with Crippen LogP contribution in [-0.2, 0) is 14.4 Å². The zero-order chi connectivity index (χ0) is 15.3. The molecule has 0 saturated carbocycles. The Morgan fingerprint density at radius 3 is 2.91 bits per heavy atom. The number of fused-ring (bicyclic) bond motifs is 5. The van der Waals surface area contributed by atoms with E-state index in [9.17, 15) is 4.79 Å². The Labute approximate surface area is 128 Å². The molecule has 114 valence electrons. The Morgan fingerprint density at radius 2 is 2.09 bits per heavy atom. The minimum atomic E-state index is -0.618. The van der Waals surface area contributed by atoms with Crippen LogP contribution >= 0.6 is 0 Å². The van der Waals surface area contributed by atoms with Crippen molar-refractivity contribution in [1.82, 2.24) is 5.06 Å². The molecule has 0 radical (unpaired) electrons. The van der Waals surface area contributed by atoms with Crippen LogP contribution in [0, 0.1) is 5.92 Å². The van der Waals surface area contributed by atoms with Gasteiger partial charge in [-0.1, -0.05) is 30.3 Å². The topological polar surface area (TPSA) is 48.0 Å². The van der Waals surface area contributed by atoms with Gasteiger partial charge in [-0.3, -0.25) is 4.84 Å². The number of nitrogens with zero attached hydrogens (tertiary/aromatic N) is 1. The number of benzene rings is 2. The number of hydrogen-bond donors (Lipinski definition) is 0. The molecule has 5 heteroatoms. The zero-order valence-corrected chi connectivity index (χ0v) is 12.5. The largest absolute Gasteiger partial charge is 0.493 e. The summed E-state index contributed by atoms with van der Waals surface area (Å²) in [6, 6.07) is 12.2. The van der Waals surface area contributed by atoms with E-state index in [1.54, 1.807) is 5.06 Å². The van der Waals surface area contributed by atoms with Crippen LogP contribution in [0.2, 0.25) is 0 Å². The van der Waals surface area contributed by atoms with Crippen molar-refractivity contribution in [2.75, 3.05) is 20.8 Å². The molecule has 0 amide bonds. The standard InChI is InChI=1S/C17H17NO4/c1-18-15-12(16(22-18)17(19)20-2)9-21-13-8-7-10-5-3-4-6-11(10)14(13)15/h3-8,12,15-16H,9H2,1-2H3/t12-,15+,16+/m0/s1. The highest BCUT2D eigenvalue weighted by Crippen LogP contribution is 2.48. The maximum absolute atomic E-state index is 12.0. The SMILES string of the molecule is COC(=O)[C@@H]1ON(C)[C@H]2c3c(ccc4ccccc34)OC[C@H]12. The highest BCUT2D eigenvalue weighted by Gasteiger charge is 2.50. The molecule has 22 heavy (non-hydrogen) atoms. The van der Waals surface area contributed by atoms with Crippen molar-refractivity contribution in [2.24, 2.45) is 5.92 Å². The number of esters is 1. The molecule has 3 atom stereocenters. The van der Waals surface area contributed by atoms with Crippen LogP contribution in [0.25, 0.3) is 10.8 Å². The van der Waals surface area contributed by atoms with Crippen molar-refractivity contribution >= 4 is 16.7 Å². The third-order valence-electron chi connectivity index (χ3n) is 4.56. The fraction of sp³-hybridized carbons (Fsp3) is 0.353. The quantitative estimate of drug-likeness (QED) is 0.756. The fourth-order valence-corrected chi connectivity index (χ4v) is 3.56. The molecular weight excluding hydrogens is 282 g/mol. The molecule has 0 unspecified atom stereocenters. The maximum atomic E-state index is 12.0. The molecule has 2 aliphatic heterocycles. The first kappa shape index (κ1) is 13.5. The third kappa shape index (κ3) is 1.82. The van der Waals surface area contributed by atoms with E-state index in [1.165, 1.54) is 7.11 Å². The number of carbonyl (C=O) groups is 1. The van der Waals surface area contributed by atoms with E-state index in [4.69, 9.17) is 14.3 Å². The van der Waals surface area contributed by atoms with Gasteiger partial charge in [0.25, 0.3) is 0 Å². The molecule has 0 spiro atoms. The Morgan fingerprint density at radius 1 is 1.27 bits per heavy atom. The summed E-state index contributed by atoms with van der Waals surface area (Å²) in [4.78, 5) is 17.7. The van der Waals surface area contributed by atoms with Gasteiger partial charge in [0.05, 0.1) is 25.7 Å². The summed E-state index contributed by atoms with van der Waals surface area (Å²) in [5, 5.41) is 4.05. The van der Waals surface area contributed by atoms with Crippen molar-refractivity contribution in [2.45, 2.75) is 12.1 Å². The Hall–Kier alpha value is -2.11. The van der Waals surface area contributed by atoms with Crippen LogP contribution < -0.4 is 4.74 Å². The molecule has 0 aromatic heterocycles. The van der Waals surface area contributed by atoms with E-state index in [2.05, 4.69) is 18.2 Å². The lowest BCUT2D eigenvalue weighted by molar-refractivity contribution is -0.180. The average molecular weight is 299 g/mol. The normalized spacial score (nSPS) is 27.1. The van der Waals surface area contributed by atoms with E-state index >= 15 is 0 Å². The lowest BCUT2D eigenvalue weighted by Crippen LogP contribution is -2.35. The van der Waals surface area contributed by atoms with E-state index in [1.807, 2.05) is 25.2 Å². The number of hydroxylamine groups is 2. The summed E-state index contributed by atoms with van der Waals surface area (Å²) in [5.74, 6) is 0.434. The van der Waals surface area contributed by atoms with Gasteiger partial charge in [-0.15, -0.1) is 0 Å². The number of rotatable bonds is 1. The Kier molecular flexibility index (Phi) is 3.06. The Bertz CT molecular complexity index is 745. The van der Waals surface area contributed by atoms with Gasteiger partial charge >= 0.3 is 5.97 Å². The van der Waals surface area contributed by atoms with E-state index < -0.39 is 6.10 Å². The molecule has 2 aromatic rings. The monoisotopic (exact) mass is 299 g/mol. The lowest BCUT2D eigenvalue weighted by atomic mass is 9.85. The second kappa shape index (κ2) is 4.97. The lowest BCUT2D eigenvalue weighted by Gasteiger charge is -2.31. The molecule has 0 aliphatic carbocycles. The van der Waals surface area contributed by atoms with E-state index in [0.717, 1.165) is 22.1 Å². The predicted octanol–water partition coefficient (Wildman–Crippen LogP) is 2.31. The van der Waals surface area contributed by atoms with Gasteiger partial charge in [0.1, 0.15) is 5.75 Å². The highest BCUT2D eigenvalue weighted by atomic mass is 16.7. The minimum absolute atomic E-state index is 0.0149. The number of methoxy groups -OCH3 is 1. The average Bonchev–Trinajstić information content (AvgIpc) is 2.91. The van der Waals surface area contributed by atoms with Crippen LogP contribution in [0.3, 0.4) is 0 Å². The third-order valence-corrected chi connectivity index (χ3v) is 4.56. The minimum Gasteiger partial charge on any atom is -0.493 e. The summed E-state index contributed by atoms with van der Waals surface area (Å²) < 4.78 is 10.8. The van der Waals surface area contributed by atoms with Crippen LogP contribution in [-0.4, -0.2) is 37.9 Å². The maximum Gasteiger partial charge on any atom is 0.337 e. The van der Waals surface area contributed by atoms with Crippen molar-refractivity contribution in [3.05, 3.63) is 42.0 Å². The highest BCUT2D eigenvalue weighted by molar-refractivity contribution is 5.89. The summed E-state index contributed by atoms with van der Waals surface area (Å²) >= 11 is 0. The van der Waals surface area contributed by atoms with E-state index in [0.29, 0.717) is 6.61 Å². The first-order chi connectivity index (χ1) is 10.7. The van der Waals surface area contributed by atoms with Crippen molar-refractivity contribution < 1.29 is 19.1 Å². The smallest absolute Gasteiger partial charge is 0.337 e. The van der Waals surface area contributed by atoms with Crippen molar-refractivity contribution in [1.29, 1.82) is 0 Å². The molecular formula is C17H17NO4. The first-order valence-corrected chi connectivity index (χ1v) is 7.32. The van der Waals surface area contributed by atoms with Gasteiger partial charge in [-0.25, -0.2) is 4.79 Å². The van der Waals surface area contributed by atoms with Crippen LogP contribution in [0.15, 0.2) is 36.4 Å². The summed E-state index contributed by atoms with van der Waals surface area (Å²) in [6.45, 7) is 0.445. The number of hydrogen-bond acceptors (Lipinski definition) is 5. The predicted molar refractivity (Wildman–Crippen MR) is 80.3 cm³/mol. The summed E-state index contributed by atoms with van der Waals surface area (Å²) in [5.41, 5.74) is 1.09. The Balaban J connectivity index is 1.87. The molecule has 4 rings (SSSR count).